The van der Waals surface area contributed by atoms with E-state index in [1.54, 1.807) is 0 Å². The van der Waals surface area contributed by atoms with Gasteiger partial charge >= 0.3 is 0 Å². The number of allylic oxidation sites excluding steroid dienone is 1. The molecule has 10 aromatic rings. The molecule has 68 heavy (non-hydrogen) atoms. The van der Waals surface area contributed by atoms with Gasteiger partial charge in [-0.1, -0.05) is 210 Å². The van der Waals surface area contributed by atoms with Gasteiger partial charge in [-0.2, -0.15) is 0 Å². The van der Waals surface area contributed by atoms with Crippen molar-refractivity contribution >= 4 is 33.1 Å². The molecule has 1 N–H and O–H groups in total. The molecule has 1 aliphatic heterocycles. The average Bonchev–Trinajstić information content (AvgIpc) is 3.77. The summed E-state index contributed by atoms with van der Waals surface area (Å²) in [5.74, 6) is 0. The van der Waals surface area contributed by atoms with Gasteiger partial charge in [-0.15, -0.1) is 0 Å². The Morgan fingerprint density at radius 1 is 0.382 bits per heavy atom. The first-order chi connectivity index (χ1) is 33.2. The fourth-order valence-corrected chi connectivity index (χ4v) is 11.5. The first-order valence-electron chi connectivity index (χ1n) is 23.8. The van der Waals surface area contributed by atoms with Crippen molar-refractivity contribution in [1.82, 2.24) is 10.3 Å². The molecule has 0 saturated heterocycles. The SMILES string of the molecule is CC1(C)c2ccccc2-c2ccc(-c3cc(-c4ccc5c(c4)C(C)(C)c4ccccc4-5)c4cc(-c5ccc(C6=NC(c7ccccc7)NC(c7ccccc7)=C6)cc5)c5ccccc5c4n3)cc21. The van der Waals surface area contributed by atoms with Crippen molar-refractivity contribution in [1.29, 1.82) is 0 Å². The number of nitrogens with zero attached hydrogens (tertiary/aromatic N) is 2. The van der Waals surface area contributed by atoms with Crippen LogP contribution in [0.25, 0.3) is 83.1 Å². The van der Waals surface area contributed by atoms with Gasteiger partial charge in [0.1, 0.15) is 6.17 Å². The second-order valence-corrected chi connectivity index (χ2v) is 19.8. The summed E-state index contributed by atoms with van der Waals surface area (Å²) in [5, 5.41) is 7.15. The van der Waals surface area contributed by atoms with Gasteiger partial charge in [0.15, 0.2) is 0 Å². The lowest BCUT2D eigenvalue weighted by atomic mass is 9.81. The fraction of sp³-hybridized carbons (Fsp3) is 0.108. The number of hydrogen-bond donors (Lipinski definition) is 1. The highest BCUT2D eigenvalue weighted by molar-refractivity contribution is 6.17. The van der Waals surface area contributed by atoms with Crippen molar-refractivity contribution in [2.75, 3.05) is 0 Å². The predicted molar refractivity (Wildman–Crippen MR) is 284 cm³/mol. The zero-order chi connectivity index (χ0) is 45.7. The molecule has 324 valence electrons. The van der Waals surface area contributed by atoms with Crippen LogP contribution >= 0.6 is 0 Å². The number of pyridine rings is 1. The van der Waals surface area contributed by atoms with Gasteiger partial charge in [0.2, 0.25) is 0 Å². The summed E-state index contributed by atoms with van der Waals surface area (Å²) >= 11 is 0. The van der Waals surface area contributed by atoms with E-state index in [0.717, 1.165) is 61.2 Å². The van der Waals surface area contributed by atoms with E-state index in [1.807, 2.05) is 0 Å². The highest BCUT2D eigenvalue weighted by Crippen LogP contribution is 2.52. The second-order valence-electron chi connectivity index (χ2n) is 19.8. The molecular formula is C65H49N3. The van der Waals surface area contributed by atoms with Gasteiger partial charge in [0.25, 0.3) is 0 Å². The van der Waals surface area contributed by atoms with Crippen LogP contribution in [0.5, 0.6) is 0 Å². The third kappa shape index (κ3) is 6.26. The van der Waals surface area contributed by atoms with Crippen LogP contribution in [0.3, 0.4) is 0 Å². The molecule has 3 aliphatic rings. The van der Waals surface area contributed by atoms with Crippen LogP contribution in [0.2, 0.25) is 0 Å². The monoisotopic (exact) mass is 871 g/mol. The Morgan fingerprint density at radius 2 is 0.897 bits per heavy atom. The van der Waals surface area contributed by atoms with E-state index in [2.05, 4.69) is 245 Å². The summed E-state index contributed by atoms with van der Waals surface area (Å²) in [6, 6.07) is 75.5. The number of aromatic nitrogens is 1. The van der Waals surface area contributed by atoms with Gasteiger partial charge in [-0.05, 0) is 119 Å². The molecule has 1 aromatic heterocycles. The lowest BCUT2D eigenvalue weighted by molar-refractivity contribution is 0.660. The van der Waals surface area contributed by atoms with E-state index in [9.17, 15) is 0 Å². The quantitative estimate of drug-likeness (QED) is 0.169. The van der Waals surface area contributed by atoms with E-state index >= 15 is 0 Å². The van der Waals surface area contributed by atoms with Crippen molar-refractivity contribution < 1.29 is 0 Å². The Balaban J connectivity index is 0.985. The molecule has 0 spiro atoms. The third-order valence-electron chi connectivity index (χ3n) is 15.1. The maximum atomic E-state index is 5.66. The Bertz CT molecular complexity index is 3740. The number of rotatable bonds is 6. The summed E-state index contributed by atoms with van der Waals surface area (Å²) in [6.07, 6.45) is 1.98. The van der Waals surface area contributed by atoms with Gasteiger partial charge in [-0.3, -0.25) is 4.99 Å². The second kappa shape index (κ2) is 15.2. The van der Waals surface area contributed by atoms with E-state index in [0.29, 0.717) is 0 Å². The molecule has 13 rings (SSSR count). The van der Waals surface area contributed by atoms with Crippen molar-refractivity contribution in [3.63, 3.8) is 0 Å². The summed E-state index contributed by atoms with van der Waals surface area (Å²) in [7, 11) is 0. The molecule has 1 atom stereocenters. The zero-order valence-corrected chi connectivity index (χ0v) is 38.7. The van der Waals surface area contributed by atoms with E-state index in [-0.39, 0.29) is 17.0 Å². The Morgan fingerprint density at radius 3 is 1.57 bits per heavy atom. The minimum Gasteiger partial charge on any atom is -0.360 e. The minimum atomic E-state index is -0.204. The van der Waals surface area contributed by atoms with Gasteiger partial charge in [0.05, 0.1) is 16.9 Å². The van der Waals surface area contributed by atoms with Crippen LogP contribution in [0.15, 0.2) is 217 Å². The number of hydrogen-bond acceptors (Lipinski definition) is 3. The van der Waals surface area contributed by atoms with Crippen LogP contribution in [-0.4, -0.2) is 10.7 Å². The summed E-state index contributed by atoms with van der Waals surface area (Å²) < 4.78 is 0. The van der Waals surface area contributed by atoms with Crippen LogP contribution in [-0.2, 0) is 10.8 Å². The first-order valence-corrected chi connectivity index (χ1v) is 23.8. The predicted octanol–water partition coefficient (Wildman–Crippen LogP) is 16.1. The maximum Gasteiger partial charge on any atom is 0.145 e. The molecule has 0 bridgehead atoms. The molecule has 2 heterocycles. The largest absolute Gasteiger partial charge is 0.360 e. The number of fused-ring (bicyclic) bond motifs is 9. The van der Waals surface area contributed by atoms with Crippen LogP contribution < -0.4 is 5.32 Å². The van der Waals surface area contributed by atoms with Crippen molar-refractivity contribution in [3.05, 3.63) is 251 Å². The lowest BCUT2D eigenvalue weighted by Crippen LogP contribution is -2.24. The highest BCUT2D eigenvalue weighted by atomic mass is 15.1. The maximum absolute atomic E-state index is 5.66. The average molecular weight is 872 g/mol. The number of aliphatic imine (C=N–C) groups is 1. The molecule has 3 nitrogen and oxygen atoms in total. The van der Waals surface area contributed by atoms with Gasteiger partial charge in [0, 0.05) is 32.9 Å². The smallest absolute Gasteiger partial charge is 0.145 e. The molecule has 2 aliphatic carbocycles. The van der Waals surface area contributed by atoms with Crippen LogP contribution in [0.1, 0.15) is 72.8 Å². The molecule has 9 aromatic carbocycles. The zero-order valence-electron chi connectivity index (χ0n) is 38.7. The third-order valence-corrected chi connectivity index (χ3v) is 15.1. The van der Waals surface area contributed by atoms with Gasteiger partial charge < -0.3 is 5.32 Å². The number of benzene rings is 9. The number of nitrogens with one attached hydrogen (secondary N) is 1. The van der Waals surface area contributed by atoms with E-state index in [1.165, 1.54) is 66.6 Å². The molecule has 0 fully saturated rings. The standard InChI is InChI=1S/C65H49N3/c1-64(2)55-25-15-13-22-47(55)49-33-31-44(35-57(49)64)53-38-59(45-32-34-50-48-23-14-16-26-56(48)65(3,4)58(50)36-45)66-62-51-24-12-11-21-46(51)52(37-54(53)62)40-27-29-42(30-28-40)61-39-60(41-17-7-5-8-18-41)67-63(68-61)43-19-9-6-10-20-43/h5-39,63,67H,1-4H3. The molecule has 0 radical (unpaired) electrons. The normalized spacial score (nSPS) is 16.0. The Hall–Kier alpha value is -8.14. The van der Waals surface area contributed by atoms with Crippen molar-refractivity contribution in [3.8, 4) is 55.8 Å². The Kier molecular flexibility index (Phi) is 8.98. The first kappa shape index (κ1) is 40.2. The molecule has 0 amide bonds. The van der Waals surface area contributed by atoms with Crippen molar-refractivity contribution in [2.24, 2.45) is 4.99 Å². The van der Waals surface area contributed by atoms with Crippen molar-refractivity contribution in [2.45, 2.75) is 44.7 Å². The topological polar surface area (TPSA) is 37.3 Å². The molecule has 1 unspecified atom stereocenters. The van der Waals surface area contributed by atoms with E-state index < -0.39 is 0 Å². The molecular weight excluding hydrogens is 823 g/mol. The highest BCUT2D eigenvalue weighted by Gasteiger charge is 2.37. The van der Waals surface area contributed by atoms with E-state index in [4.69, 9.17) is 9.98 Å². The van der Waals surface area contributed by atoms with Crippen LogP contribution in [0.4, 0.5) is 0 Å². The minimum absolute atomic E-state index is 0.121. The summed E-state index contributed by atoms with van der Waals surface area (Å²) in [6.45, 7) is 9.44. The fourth-order valence-electron chi connectivity index (χ4n) is 11.5. The summed E-state index contributed by atoms with van der Waals surface area (Å²) in [4.78, 5) is 10.9. The molecule has 0 saturated carbocycles. The Labute approximate surface area is 398 Å². The molecule has 3 heteroatoms. The summed E-state index contributed by atoms with van der Waals surface area (Å²) in [5.41, 5.74) is 23.6. The van der Waals surface area contributed by atoms with Crippen LogP contribution in [0, 0.1) is 0 Å². The lowest BCUT2D eigenvalue weighted by Gasteiger charge is -2.25. The van der Waals surface area contributed by atoms with Gasteiger partial charge in [-0.25, -0.2) is 4.98 Å².